The molecular weight excluding hydrogens is 202 g/mol. The third kappa shape index (κ3) is 0.955. The Morgan fingerprint density at radius 2 is 1.67 bits per heavy atom. The standard InChI is InChI=1S/C11H14F2O2/c12-11(13)8-2-6-1-7(3-8)5-10(11,4-6)9(14)15/h6-8H,1-5H2,(H,14,15). The van der Waals surface area contributed by atoms with E-state index in [1.807, 2.05) is 0 Å². The highest BCUT2D eigenvalue weighted by atomic mass is 19.3. The van der Waals surface area contributed by atoms with Crippen LogP contribution < -0.4 is 0 Å². The summed E-state index contributed by atoms with van der Waals surface area (Å²) < 4.78 is 28.1. The van der Waals surface area contributed by atoms with Gasteiger partial charge in [0.15, 0.2) is 0 Å². The zero-order valence-corrected chi connectivity index (χ0v) is 8.38. The number of alkyl halides is 2. The highest BCUT2D eigenvalue weighted by molar-refractivity contribution is 5.77. The summed E-state index contributed by atoms with van der Waals surface area (Å²) in [6.45, 7) is 0. The second kappa shape index (κ2) is 2.53. The maximum atomic E-state index is 14.0. The first-order valence-electron chi connectivity index (χ1n) is 5.57. The molecule has 15 heavy (non-hydrogen) atoms. The van der Waals surface area contributed by atoms with Crippen LogP contribution in [0.4, 0.5) is 8.78 Å². The first-order valence-corrected chi connectivity index (χ1v) is 5.57. The Kier molecular flexibility index (Phi) is 1.61. The molecule has 0 aromatic heterocycles. The normalized spacial score (nSPS) is 50.7. The molecule has 0 aromatic carbocycles. The SMILES string of the molecule is O=C(O)C12CC3CC(CC(C3)C1(F)F)C2. The second-order valence-corrected chi connectivity index (χ2v) is 5.55. The summed E-state index contributed by atoms with van der Waals surface area (Å²) >= 11 is 0. The molecule has 4 heteroatoms. The number of hydrogen-bond acceptors (Lipinski definition) is 1. The van der Waals surface area contributed by atoms with E-state index < -0.39 is 23.2 Å². The molecule has 2 unspecified atom stereocenters. The monoisotopic (exact) mass is 216 g/mol. The van der Waals surface area contributed by atoms with Gasteiger partial charge in [0, 0.05) is 5.92 Å². The zero-order valence-electron chi connectivity index (χ0n) is 8.38. The van der Waals surface area contributed by atoms with Crippen molar-refractivity contribution in [2.24, 2.45) is 23.2 Å². The largest absolute Gasteiger partial charge is 0.481 e. The van der Waals surface area contributed by atoms with Gasteiger partial charge in [-0.15, -0.1) is 0 Å². The summed E-state index contributed by atoms with van der Waals surface area (Å²) in [5.74, 6) is -4.45. The lowest BCUT2D eigenvalue weighted by Crippen LogP contribution is -2.63. The van der Waals surface area contributed by atoms with Crippen molar-refractivity contribution in [3.63, 3.8) is 0 Å². The number of halogens is 2. The van der Waals surface area contributed by atoms with Crippen LogP contribution in [0.15, 0.2) is 0 Å². The molecule has 1 N–H and O–H groups in total. The summed E-state index contributed by atoms with van der Waals surface area (Å²) in [5, 5.41) is 9.13. The van der Waals surface area contributed by atoms with Crippen LogP contribution in [0.5, 0.6) is 0 Å². The lowest BCUT2D eigenvalue weighted by Gasteiger charge is -2.58. The summed E-state index contributed by atoms with van der Waals surface area (Å²) in [7, 11) is 0. The number of carboxylic acids is 1. The lowest BCUT2D eigenvalue weighted by atomic mass is 9.47. The minimum absolute atomic E-state index is 0.197. The van der Waals surface area contributed by atoms with Gasteiger partial charge < -0.3 is 5.11 Å². The molecule has 0 amide bonds. The van der Waals surface area contributed by atoms with Gasteiger partial charge in [0.2, 0.25) is 0 Å². The third-order valence-corrected chi connectivity index (χ3v) is 4.74. The second-order valence-electron chi connectivity index (χ2n) is 5.55. The van der Waals surface area contributed by atoms with Crippen LogP contribution in [0.1, 0.15) is 32.1 Å². The predicted molar refractivity (Wildman–Crippen MR) is 48.6 cm³/mol. The Morgan fingerprint density at radius 3 is 2.13 bits per heavy atom. The summed E-state index contributed by atoms with van der Waals surface area (Å²) in [6.07, 6.45) is 2.45. The molecule has 84 valence electrons. The van der Waals surface area contributed by atoms with Gasteiger partial charge in [0.05, 0.1) is 0 Å². The van der Waals surface area contributed by atoms with E-state index >= 15 is 0 Å². The smallest absolute Gasteiger partial charge is 0.315 e. The van der Waals surface area contributed by atoms with Crippen LogP contribution in [0.25, 0.3) is 0 Å². The minimum atomic E-state index is -2.98. The Bertz CT molecular complexity index is 313. The van der Waals surface area contributed by atoms with E-state index in [-0.39, 0.29) is 24.7 Å². The molecule has 2 atom stereocenters. The molecule has 0 radical (unpaired) electrons. The van der Waals surface area contributed by atoms with Crippen LogP contribution in [-0.2, 0) is 4.79 Å². The summed E-state index contributed by atoms with van der Waals surface area (Å²) in [6, 6.07) is 0. The van der Waals surface area contributed by atoms with Crippen LogP contribution in [-0.4, -0.2) is 17.0 Å². The fourth-order valence-electron chi connectivity index (χ4n) is 4.24. The lowest BCUT2D eigenvalue weighted by molar-refractivity contribution is -0.256. The van der Waals surface area contributed by atoms with Gasteiger partial charge in [0.25, 0.3) is 5.92 Å². The number of rotatable bonds is 1. The van der Waals surface area contributed by atoms with Gasteiger partial charge in [-0.05, 0) is 43.9 Å². The van der Waals surface area contributed by atoms with Gasteiger partial charge in [-0.1, -0.05) is 0 Å². The van der Waals surface area contributed by atoms with Crippen molar-refractivity contribution in [2.75, 3.05) is 0 Å². The van der Waals surface area contributed by atoms with E-state index in [1.54, 1.807) is 0 Å². The first kappa shape index (κ1) is 9.55. The Balaban J connectivity index is 2.08. The molecule has 4 aliphatic rings. The van der Waals surface area contributed by atoms with Crippen LogP contribution in [0.3, 0.4) is 0 Å². The van der Waals surface area contributed by atoms with Crippen LogP contribution in [0.2, 0.25) is 0 Å². The Labute approximate surface area is 86.7 Å². The average molecular weight is 216 g/mol. The maximum absolute atomic E-state index is 14.0. The van der Waals surface area contributed by atoms with Crippen LogP contribution in [0, 0.1) is 23.2 Å². The highest BCUT2D eigenvalue weighted by Gasteiger charge is 2.71. The molecular formula is C11H14F2O2. The maximum Gasteiger partial charge on any atom is 0.315 e. The number of aliphatic carboxylic acids is 1. The van der Waals surface area contributed by atoms with E-state index in [2.05, 4.69) is 0 Å². The molecule has 4 rings (SSSR count). The van der Waals surface area contributed by atoms with Gasteiger partial charge >= 0.3 is 5.97 Å². The van der Waals surface area contributed by atoms with Gasteiger partial charge in [-0.3, -0.25) is 4.79 Å². The molecule has 0 aliphatic heterocycles. The van der Waals surface area contributed by atoms with Crippen molar-refractivity contribution >= 4 is 5.97 Å². The predicted octanol–water partition coefficient (Wildman–Crippen LogP) is 2.53. The number of carbonyl (C=O) groups is 1. The van der Waals surface area contributed by atoms with Crippen molar-refractivity contribution in [1.82, 2.24) is 0 Å². The molecule has 4 aliphatic carbocycles. The van der Waals surface area contributed by atoms with E-state index in [0.717, 1.165) is 6.42 Å². The molecule has 4 bridgehead atoms. The number of carboxylic acid groups (broad SMARTS) is 1. The Hall–Kier alpha value is -0.670. The molecule has 0 spiro atoms. The third-order valence-electron chi connectivity index (χ3n) is 4.74. The van der Waals surface area contributed by atoms with Gasteiger partial charge in [-0.25, -0.2) is 8.78 Å². The van der Waals surface area contributed by atoms with E-state index in [4.69, 9.17) is 5.11 Å². The molecule has 0 aromatic rings. The molecule has 2 nitrogen and oxygen atoms in total. The van der Waals surface area contributed by atoms with Crippen molar-refractivity contribution < 1.29 is 18.7 Å². The van der Waals surface area contributed by atoms with Gasteiger partial charge in [-0.2, -0.15) is 0 Å². The van der Waals surface area contributed by atoms with Crippen molar-refractivity contribution in [3.05, 3.63) is 0 Å². The highest BCUT2D eigenvalue weighted by Crippen LogP contribution is 2.66. The van der Waals surface area contributed by atoms with Gasteiger partial charge in [0.1, 0.15) is 5.41 Å². The fraction of sp³-hybridized carbons (Fsp3) is 0.909. The fourth-order valence-corrected chi connectivity index (χ4v) is 4.24. The minimum Gasteiger partial charge on any atom is -0.481 e. The summed E-state index contributed by atoms with van der Waals surface area (Å²) in [4.78, 5) is 11.2. The van der Waals surface area contributed by atoms with Crippen molar-refractivity contribution in [1.29, 1.82) is 0 Å². The molecule has 4 fully saturated rings. The molecule has 0 saturated heterocycles. The van der Waals surface area contributed by atoms with Crippen LogP contribution >= 0.6 is 0 Å². The first-order chi connectivity index (χ1) is 6.96. The van der Waals surface area contributed by atoms with E-state index in [9.17, 15) is 13.6 Å². The van der Waals surface area contributed by atoms with E-state index in [1.165, 1.54) is 0 Å². The quantitative estimate of drug-likeness (QED) is 0.731. The molecule has 0 heterocycles. The summed E-state index contributed by atoms with van der Waals surface area (Å²) in [5.41, 5.74) is -1.72. The topological polar surface area (TPSA) is 37.3 Å². The van der Waals surface area contributed by atoms with Crippen molar-refractivity contribution in [2.45, 2.75) is 38.0 Å². The molecule has 4 saturated carbocycles. The number of hydrogen-bond donors (Lipinski definition) is 1. The van der Waals surface area contributed by atoms with Crippen molar-refractivity contribution in [3.8, 4) is 0 Å². The Morgan fingerprint density at radius 1 is 1.13 bits per heavy atom. The zero-order chi connectivity index (χ0) is 10.8. The average Bonchev–Trinajstić information content (AvgIpc) is 2.13. The van der Waals surface area contributed by atoms with E-state index in [0.29, 0.717) is 12.8 Å².